The molecule has 0 radical (unpaired) electrons. The molecule has 2 amide bonds. The summed E-state index contributed by atoms with van der Waals surface area (Å²) >= 11 is 0. The SMILES string of the molecule is CC(C)CNC(=O)[C@H](C)N(Cc1ccccc1)C(=O)CN(c1ccccc1F)S(C)(=O)=O. The largest absolute Gasteiger partial charge is 0.354 e. The molecule has 0 fully saturated rings. The topological polar surface area (TPSA) is 86.8 Å². The van der Waals surface area contributed by atoms with Crippen molar-refractivity contribution < 1.29 is 22.4 Å². The Morgan fingerprint density at radius 3 is 2.16 bits per heavy atom. The van der Waals surface area contributed by atoms with Crippen molar-refractivity contribution in [2.75, 3.05) is 23.7 Å². The Hall–Kier alpha value is -2.94. The number of nitrogens with zero attached hydrogens (tertiary/aromatic N) is 2. The number of hydrogen-bond acceptors (Lipinski definition) is 4. The maximum absolute atomic E-state index is 14.3. The molecule has 0 heterocycles. The number of halogens is 1. The van der Waals surface area contributed by atoms with Crippen LogP contribution in [-0.2, 0) is 26.2 Å². The lowest BCUT2D eigenvalue weighted by Crippen LogP contribution is -2.51. The van der Waals surface area contributed by atoms with Crippen LogP contribution < -0.4 is 9.62 Å². The highest BCUT2D eigenvalue weighted by Gasteiger charge is 2.30. The second-order valence-corrected chi connectivity index (χ2v) is 9.95. The molecule has 1 N–H and O–H groups in total. The Balaban J connectivity index is 2.35. The van der Waals surface area contributed by atoms with Crippen LogP contribution in [0.4, 0.5) is 10.1 Å². The molecule has 174 valence electrons. The highest BCUT2D eigenvalue weighted by atomic mass is 32.2. The van der Waals surface area contributed by atoms with Gasteiger partial charge in [-0.3, -0.25) is 13.9 Å². The molecule has 2 rings (SSSR count). The van der Waals surface area contributed by atoms with Crippen LogP contribution in [0.25, 0.3) is 0 Å². The molecule has 0 saturated heterocycles. The van der Waals surface area contributed by atoms with Crippen LogP contribution >= 0.6 is 0 Å². The van der Waals surface area contributed by atoms with Crippen molar-refractivity contribution in [1.29, 1.82) is 0 Å². The smallest absolute Gasteiger partial charge is 0.244 e. The lowest BCUT2D eigenvalue weighted by Gasteiger charge is -2.31. The number of sulfonamides is 1. The van der Waals surface area contributed by atoms with E-state index in [2.05, 4.69) is 5.32 Å². The second-order valence-electron chi connectivity index (χ2n) is 8.04. The monoisotopic (exact) mass is 463 g/mol. The van der Waals surface area contributed by atoms with Gasteiger partial charge in [-0.25, -0.2) is 12.8 Å². The van der Waals surface area contributed by atoms with E-state index in [4.69, 9.17) is 0 Å². The summed E-state index contributed by atoms with van der Waals surface area (Å²) in [5, 5.41) is 2.80. The number of carbonyl (C=O) groups excluding carboxylic acids is 2. The standard InChI is InChI=1S/C23H30FN3O4S/c1-17(2)14-25-23(29)18(3)26(15-19-10-6-5-7-11-19)22(28)16-27(32(4,30)31)21-13-9-8-12-20(21)24/h5-13,17-18H,14-16H2,1-4H3,(H,25,29)/t18-/m0/s1. The zero-order valence-electron chi connectivity index (χ0n) is 18.8. The van der Waals surface area contributed by atoms with Gasteiger partial charge >= 0.3 is 0 Å². The summed E-state index contributed by atoms with van der Waals surface area (Å²) < 4.78 is 39.8. The normalized spacial score (nSPS) is 12.3. The van der Waals surface area contributed by atoms with Gasteiger partial charge in [-0.05, 0) is 30.5 Å². The van der Waals surface area contributed by atoms with E-state index in [1.165, 1.54) is 23.1 Å². The number of anilines is 1. The van der Waals surface area contributed by atoms with Crippen molar-refractivity contribution in [3.63, 3.8) is 0 Å². The number of hydrogen-bond donors (Lipinski definition) is 1. The summed E-state index contributed by atoms with van der Waals surface area (Å²) in [6, 6.07) is 13.6. The highest BCUT2D eigenvalue weighted by molar-refractivity contribution is 7.92. The molecule has 1 atom stereocenters. The predicted octanol–water partition coefficient (Wildman–Crippen LogP) is 2.78. The average molecular weight is 464 g/mol. The summed E-state index contributed by atoms with van der Waals surface area (Å²) in [4.78, 5) is 27.3. The number of carbonyl (C=O) groups is 2. The van der Waals surface area contributed by atoms with Crippen molar-refractivity contribution >= 4 is 27.5 Å². The molecule has 0 spiro atoms. The lowest BCUT2D eigenvalue weighted by atomic mass is 10.1. The molecule has 2 aromatic rings. The van der Waals surface area contributed by atoms with E-state index in [1.54, 1.807) is 6.92 Å². The van der Waals surface area contributed by atoms with Gasteiger partial charge in [0.25, 0.3) is 0 Å². The summed E-state index contributed by atoms with van der Waals surface area (Å²) in [5.41, 5.74) is 0.557. The molecule has 0 aliphatic carbocycles. The van der Waals surface area contributed by atoms with Crippen molar-refractivity contribution in [2.24, 2.45) is 5.92 Å². The number of rotatable bonds is 10. The third-order valence-corrected chi connectivity index (χ3v) is 5.97. The molecule has 9 heteroatoms. The van der Waals surface area contributed by atoms with Crippen LogP contribution in [0.1, 0.15) is 26.3 Å². The van der Waals surface area contributed by atoms with E-state index in [-0.39, 0.29) is 24.1 Å². The Morgan fingerprint density at radius 1 is 1.00 bits per heavy atom. The first-order valence-corrected chi connectivity index (χ1v) is 12.2. The quantitative estimate of drug-likeness (QED) is 0.587. The van der Waals surface area contributed by atoms with Gasteiger partial charge in [-0.15, -0.1) is 0 Å². The van der Waals surface area contributed by atoms with E-state index < -0.39 is 34.3 Å². The molecule has 0 aromatic heterocycles. The van der Waals surface area contributed by atoms with Crippen LogP contribution in [0.2, 0.25) is 0 Å². The minimum absolute atomic E-state index is 0.102. The molecule has 0 bridgehead atoms. The molecule has 7 nitrogen and oxygen atoms in total. The third-order valence-electron chi connectivity index (χ3n) is 4.85. The van der Waals surface area contributed by atoms with Crippen LogP contribution in [-0.4, -0.2) is 50.5 Å². The van der Waals surface area contributed by atoms with Gasteiger partial charge in [-0.1, -0.05) is 56.3 Å². The van der Waals surface area contributed by atoms with E-state index in [1.807, 2.05) is 44.2 Å². The molecule has 0 unspecified atom stereocenters. The van der Waals surface area contributed by atoms with E-state index in [9.17, 15) is 22.4 Å². The maximum atomic E-state index is 14.3. The zero-order valence-corrected chi connectivity index (χ0v) is 19.6. The van der Waals surface area contributed by atoms with Crippen LogP contribution in [0.15, 0.2) is 54.6 Å². The number of nitrogens with one attached hydrogen (secondary N) is 1. The third kappa shape index (κ3) is 7.05. The number of para-hydroxylation sites is 1. The van der Waals surface area contributed by atoms with Gasteiger partial charge in [0, 0.05) is 13.1 Å². The Morgan fingerprint density at radius 2 is 1.59 bits per heavy atom. The fourth-order valence-corrected chi connectivity index (χ4v) is 3.91. The Labute approximate surface area is 189 Å². The summed E-state index contributed by atoms with van der Waals surface area (Å²) in [6.45, 7) is 5.41. The van der Waals surface area contributed by atoms with E-state index >= 15 is 0 Å². The van der Waals surface area contributed by atoms with Gasteiger partial charge < -0.3 is 10.2 Å². The van der Waals surface area contributed by atoms with Crippen molar-refractivity contribution in [2.45, 2.75) is 33.4 Å². The van der Waals surface area contributed by atoms with Crippen molar-refractivity contribution in [3.05, 3.63) is 66.0 Å². The van der Waals surface area contributed by atoms with Gasteiger partial charge in [0.2, 0.25) is 21.8 Å². The van der Waals surface area contributed by atoms with Gasteiger partial charge in [0.1, 0.15) is 18.4 Å². The number of amides is 2. The lowest BCUT2D eigenvalue weighted by molar-refractivity contribution is -0.139. The Kier molecular flexibility index (Phi) is 8.77. The minimum Gasteiger partial charge on any atom is -0.354 e. The fraction of sp³-hybridized carbons (Fsp3) is 0.391. The molecule has 0 saturated carbocycles. The predicted molar refractivity (Wildman–Crippen MR) is 123 cm³/mol. The first-order valence-electron chi connectivity index (χ1n) is 10.3. The average Bonchev–Trinajstić information content (AvgIpc) is 2.74. The van der Waals surface area contributed by atoms with Crippen molar-refractivity contribution in [1.82, 2.24) is 10.2 Å². The van der Waals surface area contributed by atoms with E-state index in [0.717, 1.165) is 22.2 Å². The first-order chi connectivity index (χ1) is 15.0. The maximum Gasteiger partial charge on any atom is 0.244 e. The Bertz CT molecular complexity index is 1030. The molecule has 32 heavy (non-hydrogen) atoms. The molecular formula is C23H30FN3O4S. The van der Waals surface area contributed by atoms with Crippen molar-refractivity contribution in [3.8, 4) is 0 Å². The van der Waals surface area contributed by atoms with Gasteiger partial charge in [0.05, 0.1) is 11.9 Å². The fourth-order valence-electron chi connectivity index (χ4n) is 3.06. The summed E-state index contributed by atoms with van der Waals surface area (Å²) in [7, 11) is -3.96. The molecule has 2 aromatic carbocycles. The minimum atomic E-state index is -3.96. The summed E-state index contributed by atoms with van der Waals surface area (Å²) in [6.07, 6.45) is 0.910. The van der Waals surface area contributed by atoms with Gasteiger partial charge in [-0.2, -0.15) is 0 Å². The molecular weight excluding hydrogens is 433 g/mol. The zero-order chi connectivity index (χ0) is 23.9. The molecule has 0 aliphatic heterocycles. The van der Waals surface area contributed by atoms with Gasteiger partial charge in [0.15, 0.2) is 0 Å². The molecule has 0 aliphatic rings. The number of benzene rings is 2. The summed E-state index contributed by atoms with van der Waals surface area (Å²) in [5.74, 6) is -1.50. The van der Waals surface area contributed by atoms with Crippen LogP contribution in [0, 0.1) is 11.7 Å². The second kappa shape index (κ2) is 11.1. The van der Waals surface area contributed by atoms with Crippen LogP contribution in [0.5, 0.6) is 0 Å². The van der Waals surface area contributed by atoms with E-state index in [0.29, 0.717) is 6.54 Å². The van der Waals surface area contributed by atoms with Crippen LogP contribution in [0.3, 0.4) is 0 Å². The first kappa shape index (κ1) is 25.3. The highest BCUT2D eigenvalue weighted by Crippen LogP contribution is 2.22.